The molecule has 0 aliphatic heterocycles. The normalized spacial score (nSPS) is 12.2. The van der Waals surface area contributed by atoms with E-state index in [4.69, 9.17) is 4.74 Å². The minimum atomic E-state index is -0.449. The molecule has 0 aliphatic carbocycles. The van der Waals surface area contributed by atoms with Gasteiger partial charge >= 0.3 is 5.97 Å². The van der Waals surface area contributed by atoms with Gasteiger partial charge in [-0.1, -0.05) is 60.7 Å². The smallest absolute Gasteiger partial charge is 0.313 e. The van der Waals surface area contributed by atoms with Crippen LogP contribution in [0.1, 0.15) is 43.7 Å². The van der Waals surface area contributed by atoms with Crippen molar-refractivity contribution in [1.82, 2.24) is 4.90 Å². The van der Waals surface area contributed by atoms with E-state index in [1.165, 1.54) is 18.1 Å². The average molecular weight is 367 g/mol. The summed E-state index contributed by atoms with van der Waals surface area (Å²) in [4.78, 5) is 24.8. The zero-order valence-electron chi connectivity index (χ0n) is 16.4. The summed E-state index contributed by atoms with van der Waals surface area (Å²) >= 11 is 0. The Labute approximate surface area is 162 Å². The average Bonchev–Trinajstić information content (AvgIpc) is 2.62. The molecule has 0 amide bonds. The SMILES string of the molecule is CC(=O)CC(=O)OC(C)CN(C)CCC(c1ccccc1)c1ccccc1. The minimum Gasteiger partial charge on any atom is -0.461 e. The van der Waals surface area contributed by atoms with Crippen LogP contribution in [0.25, 0.3) is 0 Å². The minimum absolute atomic E-state index is 0.155. The van der Waals surface area contributed by atoms with Gasteiger partial charge in [0.15, 0.2) is 0 Å². The van der Waals surface area contributed by atoms with Crippen LogP contribution in [0.15, 0.2) is 60.7 Å². The number of likely N-dealkylation sites (N-methyl/N-ethyl adjacent to an activating group) is 1. The molecule has 2 rings (SSSR count). The lowest BCUT2D eigenvalue weighted by Gasteiger charge is -2.25. The van der Waals surface area contributed by atoms with Gasteiger partial charge in [0.2, 0.25) is 0 Å². The van der Waals surface area contributed by atoms with E-state index < -0.39 is 5.97 Å². The summed E-state index contributed by atoms with van der Waals surface area (Å²) in [7, 11) is 2.03. The van der Waals surface area contributed by atoms with Crippen molar-refractivity contribution < 1.29 is 14.3 Å². The maximum Gasteiger partial charge on any atom is 0.313 e. The molecule has 2 aromatic rings. The molecular formula is C23H29NO3. The van der Waals surface area contributed by atoms with Crippen LogP contribution in [-0.4, -0.2) is 42.9 Å². The van der Waals surface area contributed by atoms with Crippen LogP contribution < -0.4 is 0 Å². The Hall–Kier alpha value is -2.46. The van der Waals surface area contributed by atoms with Crippen LogP contribution in [0.3, 0.4) is 0 Å². The van der Waals surface area contributed by atoms with Crippen molar-refractivity contribution in [1.29, 1.82) is 0 Å². The van der Waals surface area contributed by atoms with Gasteiger partial charge in [-0.2, -0.15) is 0 Å². The van der Waals surface area contributed by atoms with Crippen LogP contribution >= 0.6 is 0 Å². The number of carbonyl (C=O) groups excluding carboxylic acids is 2. The number of nitrogens with zero attached hydrogens (tertiary/aromatic N) is 1. The third kappa shape index (κ3) is 7.35. The lowest BCUT2D eigenvalue weighted by atomic mass is 9.88. The molecule has 0 heterocycles. The maximum atomic E-state index is 11.6. The molecule has 0 saturated heterocycles. The van der Waals surface area contributed by atoms with Crippen LogP contribution in [0.4, 0.5) is 0 Å². The third-order valence-electron chi connectivity index (χ3n) is 4.50. The number of hydrogen-bond donors (Lipinski definition) is 0. The lowest BCUT2D eigenvalue weighted by molar-refractivity contribution is -0.150. The quantitative estimate of drug-likeness (QED) is 0.469. The Morgan fingerprint density at radius 1 is 0.963 bits per heavy atom. The Balaban J connectivity index is 1.92. The van der Waals surface area contributed by atoms with E-state index in [-0.39, 0.29) is 18.3 Å². The molecule has 0 radical (unpaired) electrons. The Morgan fingerprint density at radius 3 is 1.96 bits per heavy atom. The van der Waals surface area contributed by atoms with E-state index in [2.05, 4.69) is 53.4 Å². The van der Waals surface area contributed by atoms with Gasteiger partial charge in [-0.15, -0.1) is 0 Å². The molecule has 4 heteroatoms. The van der Waals surface area contributed by atoms with E-state index >= 15 is 0 Å². The molecule has 1 atom stereocenters. The van der Waals surface area contributed by atoms with E-state index in [9.17, 15) is 9.59 Å². The highest BCUT2D eigenvalue weighted by Gasteiger charge is 2.17. The Morgan fingerprint density at radius 2 is 1.48 bits per heavy atom. The van der Waals surface area contributed by atoms with Crippen LogP contribution in [0, 0.1) is 0 Å². The monoisotopic (exact) mass is 367 g/mol. The Kier molecular flexibility index (Phi) is 8.21. The van der Waals surface area contributed by atoms with Gasteiger partial charge in [0.05, 0.1) is 0 Å². The fraction of sp³-hybridized carbons (Fsp3) is 0.391. The number of hydrogen-bond acceptors (Lipinski definition) is 4. The molecule has 0 saturated carbocycles. The van der Waals surface area contributed by atoms with Gasteiger partial charge in [-0.3, -0.25) is 9.59 Å². The number of Topliss-reactive ketones (excluding diaryl/α,β-unsaturated/α-hetero) is 1. The highest BCUT2D eigenvalue weighted by atomic mass is 16.5. The number of rotatable bonds is 10. The first-order valence-corrected chi connectivity index (χ1v) is 9.43. The zero-order valence-corrected chi connectivity index (χ0v) is 16.4. The second kappa shape index (κ2) is 10.6. The van der Waals surface area contributed by atoms with Gasteiger partial charge in [-0.05, 0) is 45.0 Å². The van der Waals surface area contributed by atoms with Gasteiger partial charge in [0.1, 0.15) is 18.3 Å². The van der Waals surface area contributed by atoms with E-state index in [1.54, 1.807) is 0 Å². The standard InChI is InChI=1S/C23H29NO3/c1-18(25)16-23(26)27-19(2)17-24(3)15-14-22(20-10-6-4-7-11-20)21-12-8-5-9-13-21/h4-13,19,22H,14-17H2,1-3H3. The van der Waals surface area contributed by atoms with Gasteiger partial charge in [0.25, 0.3) is 0 Å². The topological polar surface area (TPSA) is 46.6 Å². The van der Waals surface area contributed by atoms with E-state index in [1.807, 2.05) is 26.1 Å². The molecule has 0 N–H and O–H groups in total. The van der Waals surface area contributed by atoms with E-state index in [0.29, 0.717) is 12.5 Å². The number of carbonyl (C=O) groups is 2. The van der Waals surface area contributed by atoms with Gasteiger partial charge in [0, 0.05) is 12.5 Å². The maximum absolute atomic E-state index is 11.6. The second-order valence-electron chi connectivity index (χ2n) is 7.10. The number of esters is 1. The van der Waals surface area contributed by atoms with Crippen LogP contribution in [-0.2, 0) is 14.3 Å². The van der Waals surface area contributed by atoms with E-state index in [0.717, 1.165) is 13.0 Å². The summed E-state index contributed by atoms with van der Waals surface area (Å²) in [5, 5.41) is 0. The summed E-state index contributed by atoms with van der Waals surface area (Å²) in [5.74, 6) is -0.297. The van der Waals surface area contributed by atoms with Crippen molar-refractivity contribution in [2.75, 3.05) is 20.1 Å². The molecule has 0 aromatic heterocycles. The molecule has 4 nitrogen and oxygen atoms in total. The summed E-state index contributed by atoms with van der Waals surface area (Å²) in [5.41, 5.74) is 2.61. The third-order valence-corrected chi connectivity index (χ3v) is 4.50. The largest absolute Gasteiger partial charge is 0.461 e. The molecule has 0 aliphatic rings. The highest BCUT2D eigenvalue weighted by Crippen LogP contribution is 2.27. The summed E-state index contributed by atoms with van der Waals surface area (Å²) in [6.07, 6.45) is 0.574. The predicted octanol–water partition coefficient (Wildman–Crippen LogP) is 4.05. The molecule has 27 heavy (non-hydrogen) atoms. The number of ether oxygens (including phenoxy) is 1. The summed E-state index contributed by atoms with van der Waals surface area (Å²) < 4.78 is 5.31. The molecule has 2 aromatic carbocycles. The van der Waals surface area contributed by atoms with Crippen molar-refractivity contribution in [3.8, 4) is 0 Å². The molecule has 0 bridgehead atoms. The predicted molar refractivity (Wildman–Crippen MR) is 108 cm³/mol. The molecule has 0 fully saturated rings. The molecule has 1 unspecified atom stereocenters. The Bertz CT molecular complexity index is 675. The summed E-state index contributed by atoms with van der Waals surface area (Å²) in [6, 6.07) is 21.1. The molecular weight excluding hydrogens is 338 g/mol. The van der Waals surface area contributed by atoms with Crippen molar-refractivity contribution >= 4 is 11.8 Å². The van der Waals surface area contributed by atoms with Gasteiger partial charge in [-0.25, -0.2) is 0 Å². The lowest BCUT2D eigenvalue weighted by Crippen LogP contribution is -2.32. The van der Waals surface area contributed by atoms with Crippen LogP contribution in [0.2, 0.25) is 0 Å². The molecule has 144 valence electrons. The highest BCUT2D eigenvalue weighted by molar-refractivity contribution is 5.94. The number of benzene rings is 2. The first-order valence-electron chi connectivity index (χ1n) is 9.43. The second-order valence-corrected chi connectivity index (χ2v) is 7.10. The van der Waals surface area contributed by atoms with Gasteiger partial charge < -0.3 is 9.64 Å². The zero-order chi connectivity index (χ0) is 19.6. The van der Waals surface area contributed by atoms with Crippen molar-refractivity contribution in [2.45, 2.75) is 38.7 Å². The fourth-order valence-electron chi connectivity index (χ4n) is 3.28. The van der Waals surface area contributed by atoms with Crippen molar-refractivity contribution in [3.63, 3.8) is 0 Å². The molecule has 0 spiro atoms. The fourth-order valence-corrected chi connectivity index (χ4v) is 3.28. The first kappa shape index (κ1) is 20.8. The van der Waals surface area contributed by atoms with Crippen molar-refractivity contribution in [2.24, 2.45) is 0 Å². The van der Waals surface area contributed by atoms with Crippen LogP contribution in [0.5, 0.6) is 0 Å². The number of ketones is 1. The first-order chi connectivity index (χ1) is 13.0. The summed E-state index contributed by atoms with van der Waals surface area (Å²) in [6.45, 7) is 4.77. The van der Waals surface area contributed by atoms with Crippen molar-refractivity contribution in [3.05, 3.63) is 71.8 Å².